The van der Waals surface area contributed by atoms with Crippen molar-refractivity contribution >= 4 is 22.6 Å². The largest absolute Gasteiger partial charge is 0.490 e. The number of fused-ring (bicyclic) bond motifs is 1. The van der Waals surface area contributed by atoms with Crippen LogP contribution >= 0.6 is 0 Å². The van der Waals surface area contributed by atoms with Gasteiger partial charge in [-0.3, -0.25) is 14.3 Å². The predicted molar refractivity (Wildman–Crippen MR) is 147 cm³/mol. The maximum absolute atomic E-state index is 13.7. The Kier molecular flexibility index (Phi) is 8.12. The van der Waals surface area contributed by atoms with Crippen LogP contribution in [0.5, 0.6) is 11.6 Å². The van der Waals surface area contributed by atoms with Crippen LogP contribution in [0.4, 0.5) is 8.78 Å². The van der Waals surface area contributed by atoms with Crippen molar-refractivity contribution in [3.63, 3.8) is 0 Å². The van der Waals surface area contributed by atoms with Crippen LogP contribution in [0.2, 0.25) is 0 Å². The summed E-state index contributed by atoms with van der Waals surface area (Å²) in [5.74, 6) is -5.01. The molecule has 3 aromatic rings. The first-order chi connectivity index (χ1) is 19.6. The van der Waals surface area contributed by atoms with Gasteiger partial charge in [-0.25, -0.2) is 4.98 Å². The van der Waals surface area contributed by atoms with Crippen molar-refractivity contribution in [2.45, 2.75) is 83.1 Å². The normalized spacial score (nSPS) is 22.2. The quantitative estimate of drug-likeness (QED) is 0.369. The highest BCUT2D eigenvalue weighted by Gasteiger charge is 2.48. The molecule has 2 amide bonds. The molecular weight excluding hydrogens is 536 g/mol. The molecule has 41 heavy (non-hydrogen) atoms. The number of carbonyl (C=O) groups excluding carboxylic acids is 2. The van der Waals surface area contributed by atoms with Gasteiger partial charge in [-0.15, -0.1) is 0 Å². The van der Waals surface area contributed by atoms with Crippen molar-refractivity contribution in [1.82, 2.24) is 20.1 Å². The lowest BCUT2D eigenvalue weighted by Crippen LogP contribution is -2.33. The molecule has 12 heteroatoms. The SMILES string of the molecule is CCOC1CCC(n2cc(-c3cnc(OC[C@@H]4CC(F)(F)C(=O)N4)c4cc(OC(C)C)c(C(N)=O)cc34)cn2)CC1. The molecule has 3 N–H and O–H groups in total. The Hall–Kier alpha value is -3.80. The average molecular weight is 572 g/mol. The van der Waals surface area contributed by atoms with Gasteiger partial charge < -0.3 is 25.3 Å². The van der Waals surface area contributed by atoms with E-state index in [1.165, 1.54) is 0 Å². The molecule has 1 aromatic carbocycles. The molecule has 1 saturated heterocycles. The minimum Gasteiger partial charge on any atom is -0.490 e. The molecule has 220 valence electrons. The number of nitrogens with one attached hydrogen (secondary N) is 1. The van der Waals surface area contributed by atoms with E-state index >= 15 is 0 Å². The van der Waals surface area contributed by atoms with Gasteiger partial charge in [-0.2, -0.15) is 13.9 Å². The van der Waals surface area contributed by atoms with Gasteiger partial charge in [0.05, 0.1) is 36.1 Å². The van der Waals surface area contributed by atoms with Gasteiger partial charge in [-0.1, -0.05) is 0 Å². The number of benzene rings is 1. The number of nitrogens with two attached hydrogens (primary N) is 1. The first-order valence-electron chi connectivity index (χ1n) is 14.0. The van der Waals surface area contributed by atoms with E-state index < -0.39 is 30.2 Å². The van der Waals surface area contributed by atoms with E-state index in [4.69, 9.17) is 19.9 Å². The molecule has 1 atom stereocenters. The summed E-state index contributed by atoms with van der Waals surface area (Å²) in [5.41, 5.74) is 7.39. The van der Waals surface area contributed by atoms with Crippen LogP contribution in [0.3, 0.4) is 0 Å². The van der Waals surface area contributed by atoms with Crippen molar-refractivity contribution in [2.24, 2.45) is 5.73 Å². The number of amides is 2. The molecule has 2 aromatic heterocycles. The Morgan fingerprint density at radius 2 is 1.95 bits per heavy atom. The lowest BCUT2D eigenvalue weighted by Gasteiger charge is -2.28. The van der Waals surface area contributed by atoms with E-state index in [2.05, 4.69) is 15.4 Å². The molecule has 1 aliphatic heterocycles. The highest BCUT2D eigenvalue weighted by molar-refractivity contribution is 6.06. The first kappa shape index (κ1) is 28.7. The van der Waals surface area contributed by atoms with Gasteiger partial charge in [-0.05, 0) is 64.0 Å². The molecule has 0 radical (unpaired) electrons. The van der Waals surface area contributed by atoms with Crippen LogP contribution in [0.1, 0.15) is 69.3 Å². The smallest absolute Gasteiger partial charge is 0.326 e. The highest BCUT2D eigenvalue weighted by Crippen LogP contribution is 2.39. The zero-order valence-corrected chi connectivity index (χ0v) is 23.4. The van der Waals surface area contributed by atoms with Gasteiger partial charge >= 0.3 is 5.92 Å². The van der Waals surface area contributed by atoms with Crippen LogP contribution in [-0.2, 0) is 9.53 Å². The van der Waals surface area contributed by atoms with Crippen molar-refractivity contribution in [1.29, 1.82) is 0 Å². The summed E-state index contributed by atoms with van der Waals surface area (Å²) < 4.78 is 46.9. The fourth-order valence-corrected chi connectivity index (χ4v) is 5.54. The molecule has 0 bridgehead atoms. The van der Waals surface area contributed by atoms with E-state index in [9.17, 15) is 18.4 Å². The molecule has 0 unspecified atom stereocenters. The third kappa shape index (κ3) is 6.12. The second-order valence-corrected chi connectivity index (χ2v) is 10.9. The maximum Gasteiger partial charge on any atom is 0.326 e. The second kappa shape index (κ2) is 11.6. The van der Waals surface area contributed by atoms with Crippen molar-refractivity contribution in [2.75, 3.05) is 13.2 Å². The Balaban J connectivity index is 1.49. The molecule has 1 saturated carbocycles. The predicted octanol–water partition coefficient (Wildman–Crippen LogP) is 4.41. The summed E-state index contributed by atoms with van der Waals surface area (Å²) in [4.78, 5) is 28.4. The van der Waals surface area contributed by atoms with Crippen LogP contribution in [0, 0.1) is 0 Å². The van der Waals surface area contributed by atoms with Gasteiger partial charge in [0.25, 0.3) is 11.8 Å². The van der Waals surface area contributed by atoms with Crippen molar-refractivity contribution in [3.8, 4) is 22.8 Å². The minimum atomic E-state index is -3.44. The number of hydrogen-bond donors (Lipinski definition) is 2. The number of aromatic nitrogens is 3. The van der Waals surface area contributed by atoms with E-state index in [1.54, 1.807) is 24.5 Å². The van der Waals surface area contributed by atoms with E-state index in [0.717, 1.165) is 31.2 Å². The van der Waals surface area contributed by atoms with E-state index in [-0.39, 0.29) is 42.0 Å². The van der Waals surface area contributed by atoms with Crippen LogP contribution in [0.15, 0.2) is 30.7 Å². The molecular formula is C29H35F2N5O5. The zero-order valence-electron chi connectivity index (χ0n) is 23.4. The van der Waals surface area contributed by atoms with Gasteiger partial charge in [0.1, 0.15) is 12.4 Å². The average Bonchev–Trinajstić information content (AvgIpc) is 3.51. The van der Waals surface area contributed by atoms with Gasteiger partial charge in [0, 0.05) is 41.9 Å². The Morgan fingerprint density at radius 3 is 2.59 bits per heavy atom. The zero-order chi connectivity index (χ0) is 29.3. The number of primary amides is 1. The minimum absolute atomic E-state index is 0.152. The number of ether oxygens (including phenoxy) is 3. The first-order valence-corrected chi connectivity index (χ1v) is 14.0. The monoisotopic (exact) mass is 571 g/mol. The second-order valence-electron chi connectivity index (χ2n) is 10.9. The van der Waals surface area contributed by atoms with Gasteiger partial charge in [0.15, 0.2) is 0 Å². The molecule has 3 heterocycles. The number of halogens is 2. The van der Waals surface area contributed by atoms with Crippen LogP contribution in [-0.4, -0.2) is 64.0 Å². The lowest BCUT2D eigenvalue weighted by atomic mass is 9.93. The number of rotatable bonds is 10. The number of hydrogen-bond acceptors (Lipinski definition) is 7. The van der Waals surface area contributed by atoms with E-state index in [1.807, 2.05) is 31.6 Å². The molecule has 1 aliphatic carbocycles. The Bertz CT molecular complexity index is 1430. The maximum atomic E-state index is 13.7. The van der Waals surface area contributed by atoms with Gasteiger partial charge in [0.2, 0.25) is 5.88 Å². The highest BCUT2D eigenvalue weighted by atomic mass is 19.3. The van der Waals surface area contributed by atoms with Crippen molar-refractivity contribution in [3.05, 3.63) is 36.3 Å². The Morgan fingerprint density at radius 1 is 1.20 bits per heavy atom. The number of pyridine rings is 1. The number of nitrogens with zero attached hydrogens (tertiary/aromatic N) is 3. The standard InChI is InChI=1S/C29H35F2N5O5/c1-4-39-20-7-5-19(6-8-20)36-14-17(12-34-36)24-13-33-27(40-15-18-11-29(30,31)28(38)35-18)22-10-25(41-16(2)3)23(26(32)37)9-21(22)24/h9-10,12-14,16,18-20H,4-8,11,15H2,1-3H3,(H2,32,37)(H,35,38)/t18-,19?,20?/m0/s1. The molecule has 0 spiro atoms. The van der Waals surface area contributed by atoms with E-state index in [0.29, 0.717) is 22.9 Å². The third-order valence-corrected chi connectivity index (χ3v) is 7.50. The van der Waals surface area contributed by atoms with Crippen LogP contribution in [0.25, 0.3) is 21.9 Å². The summed E-state index contributed by atoms with van der Waals surface area (Å²) in [6, 6.07) is 2.63. The van der Waals surface area contributed by atoms with Crippen molar-refractivity contribution < 1.29 is 32.6 Å². The summed E-state index contributed by atoms with van der Waals surface area (Å²) in [6.45, 7) is 6.15. The number of carbonyl (C=O) groups is 2. The lowest BCUT2D eigenvalue weighted by molar-refractivity contribution is -0.139. The summed E-state index contributed by atoms with van der Waals surface area (Å²) in [7, 11) is 0. The number of alkyl halides is 2. The summed E-state index contributed by atoms with van der Waals surface area (Å²) in [5, 5.41) is 8.00. The fraction of sp³-hybridized carbons (Fsp3) is 0.517. The molecule has 10 nitrogen and oxygen atoms in total. The topological polar surface area (TPSA) is 131 Å². The Labute approximate surface area is 236 Å². The van der Waals surface area contributed by atoms with Crippen LogP contribution < -0.4 is 20.5 Å². The third-order valence-electron chi connectivity index (χ3n) is 7.50. The molecule has 2 fully saturated rings. The molecule has 2 aliphatic rings. The summed E-state index contributed by atoms with van der Waals surface area (Å²) >= 11 is 0. The molecule has 5 rings (SSSR count). The fourth-order valence-electron chi connectivity index (χ4n) is 5.54. The summed E-state index contributed by atoms with van der Waals surface area (Å²) in [6.07, 6.45) is 8.53.